The molecule has 2 aliphatic heterocycles. The maximum absolute atomic E-state index is 13.7. The first-order valence-electron chi connectivity index (χ1n) is 20.6. The fraction of sp³-hybridized carbons (Fsp3) is 0.435. The number of allylic oxidation sites excluding steroid dienone is 1. The van der Waals surface area contributed by atoms with Gasteiger partial charge in [-0.15, -0.1) is 0 Å². The van der Waals surface area contributed by atoms with Gasteiger partial charge in [-0.3, -0.25) is 24.4 Å². The Balaban J connectivity index is 0.877. The van der Waals surface area contributed by atoms with E-state index >= 15 is 0 Å². The number of carbonyl (C=O) groups excluding carboxylic acids is 3. The van der Waals surface area contributed by atoms with Crippen LogP contribution >= 0.6 is 0 Å². The standard InChI is InChI=1S/C46H49F3N6O5/c1-26(59-2)35(21-40(56)60-3)45(58)55-18-4-5-38(55)43-52-25-37(54-43)31-13-11-29(12-14-31)28-7-9-30(10-8-28)34-20-36(50-24-34)41-32-15-16-33(19-32)42(41)44(57)53-23-27-6-17-39(51-22-27)46(47,48)49/h6-14,17,22,24-26,32-33,35,38,41-42H,4-5,15-16,18-21,23H2,1-3H3,(H,52,54)(H,53,57)/t26-,32?,33?,35+,38+,41?,42+/m1/s1. The normalized spacial score (nSPS) is 23.3. The number of imidazole rings is 1. The van der Waals surface area contributed by atoms with Crippen molar-refractivity contribution in [2.45, 2.75) is 76.7 Å². The number of H-pyrrole nitrogens is 1. The summed E-state index contributed by atoms with van der Waals surface area (Å²) in [4.78, 5) is 57.7. The molecular formula is C46H49F3N6O5. The topological polar surface area (TPSA) is 139 Å². The Bertz CT molecular complexity index is 2270. The van der Waals surface area contributed by atoms with Gasteiger partial charge in [0.25, 0.3) is 0 Å². The Morgan fingerprint density at radius 2 is 1.60 bits per heavy atom. The lowest BCUT2D eigenvalue weighted by molar-refractivity contribution is -0.151. The van der Waals surface area contributed by atoms with Crippen LogP contribution in [0.25, 0.3) is 28.0 Å². The number of amides is 2. The van der Waals surface area contributed by atoms with Crippen molar-refractivity contribution in [2.75, 3.05) is 20.8 Å². The number of rotatable bonds is 13. The van der Waals surface area contributed by atoms with Crippen LogP contribution in [0.1, 0.15) is 80.6 Å². The van der Waals surface area contributed by atoms with E-state index in [0.29, 0.717) is 30.3 Å². The first kappa shape index (κ1) is 41.1. The number of likely N-dealkylation sites (tertiary alicyclic amines) is 1. The first-order valence-corrected chi connectivity index (χ1v) is 20.6. The van der Waals surface area contributed by atoms with Gasteiger partial charge in [0.15, 0.2) is 0 Å². The molecule has 1 saturated heterocycles. The van der Waals surface area contributed by atoms with Gasteiger partial charge in [-0.25, -0.2) is 4.98 Å². The lowest BCUT2D eigenvalue weighted by Gasteiger charge is -2.30. The van der Waals surface area contributed by atoms with E-state index in [1.807, 2.05) is 18.3 Å². The Labute approximate surface area is 346 Å². The van der Waals surface area contributed by atoms with Crippen molar-refractivity contribution in [3.8, 4) is 22.4 Å². The number of ether oxygens (including phenoxy) is 2. The summed E-state index contributed by atoms with van der Waals surface area (Å²) >= 11 is 0. The van der Waals surface area contributed by atoms with Gasteiger partial charge in [0.1, 0.15) is 11.5 Å². The summed E-state index contributed by atoms with van der Waals surface area (Å²) in [7, 11) is 2.85. The molecule has 314 valence electrons. The summed E-state index contributed by atoms with van der Waals surface area (Å²) in [5.41, 5.74) is 6.72. The summed E-state index contributed by atoms with van der Waals surface area (Å²) < 4.78 is 49.2. The molecule has 2 aromatic heterocycles. The van der Waals surface area contributed by atoms with Gasteiger partial charge < -0.3 is 24.7 Å². The third-order valence-corrected chi connectivity index (χ3v) is 13.0. The zero-order valence-corrected chi connectivity index (χ0v) is 33.9. The zero-order chi connectivity index (χ0) is 42.1. The van der Waals surface area contributed by atoms with Gasteiger partial charge in [-0.1, -0.05) is 54.6 Å². The number of nitrogens with zero attached hydrogens (tertiary/aromatic N) is 4. The van der Waals surface area contributed by atoms with Crippen molar-refractivity contribution < 1.29 is 37.0 Å². The number of hydrogen-bond acceptors (Lipinski definition) is 8. The number of carbonyl (C=O) groups is 3. The SMILES string of the molecule is COC(=O)C[C@H](C(=O)N1CCC[C@H]1c1ncc(-c2ccc(-c3ccc(C4=CN=C(C5C6CCC(C6)[C@@H]5C(=O)NCc5ccc(C(F)(F)F)nc5)C4)cc3)cc2)[nH]1)[C@@H](C)OC. The van der Waals surface area contributed by atoms with E-state index in [4.69, 9.17) is 14.5 Å². The van der Waals surface area contributed by atoms with Crippen molar-refractivity contribution in [3.05, 3.63) is 102 Å². The lowest BCUT2D eigenvalue weighted by Crippen LogP contribution is -2.41. The zero-order valence-electron chi connectivity index (χ0n) is 33.9. The first-order chi connectivity index (χ1) is 28.9. The smallest absolute Gasteiger partial charge is 0.433 e. The second-order valence-corrected chi connectivity index (χ2v) is 16.5. The number of alkyl halides is 3. The van der Waals surface area contributed by atoms with E-state index in [9.17, 15) is 27.6 Å². The molecule has 0 spiro atoms. The Morgan fingerprint density at radius 1 is 0.900 bits per heavy atom. The van der Waals surface area contributed by atoms with Crippen molar-refractivity contribution in [1.29, 1.82) is 0 Å². The van der Waals surface area contributed by atoms with E-state index < -0.39 is 29.9 Å². The van der Waals surface area contributed by atoms with Crippen LogP contribution in [0.3, 0.4) is 0 Å². The number of methoxy groups -OCH3 is 2. The number of pyridine rings is 1. The van der Waals surface area contributed by atoms with Crippen molar-refractivity contribution >= 4 is 29.1 Å². The summed E-state index contributed by atoms with van der Waals surface area (Å²) in [5.74, 6) is -0.108. The van der Waals surface area contributed by atoms with Gasteiger partial charge in [0.05, 0.1) is 43.5 Å². The molecule has 8 rings (SSSR count). The van der Waals surface area contributed by atoms with E-state index in [1.54, 1.807) is 18.0 Å². The third-order valence-electron chi connectivity index (χ3n) is 13.0. The molecule has 3 fully saturated rings. The fourth-order valence-corrected chi connectivity index (χ4v) is 9.76. The van der Waals surface area contributed by atoms with Crippen molar-refractivity contribution in [3.63, 3.8) is 0 Å². The molecule has 2 amide bonds. The second kappa shape index (κ2) is 17.2. The quantitative estimate of drug-likeness (QED) is 0.130. The average molecular weight is 823 g/mol. The molecule has 2 aromatic carbocycles. The van der Waals surface area contributed by atoms with Crippen LogP contribution in [0.5, 0.6) is 0 Å². The molecule has 2 N–H and O–H groups in total. The maximum atomic E-state index is 13.7. The van der Waals surface area contributed by atoms with Gasteiger partial charge in [-0.05, 0) is 90.3 Å². The molecular weight excluding hydrogens is 774 g/mol. The van der Waals surface area contributed by atoms with Crippen LogP contribution in [0.2, 0.25) is 0 Å². The van der Waals surface area contributed by atoms with Crippen LogP contribution in [0, 0.1) is 29.6 Å². The summed E-state index contributed by atoms with van der Waals surface area (Å²) in [6, 6.07) is 18.7. The van der Waals surface area contributed by atoms with Gasteiger partial charge >= 0.3 is 12.1 Å². The van der Waals surface area contributed by atoms with Crippen LogP contribution in [0.15, 0.2) is 84.2 Å². The highest BCUT2D eigenvalue weighted by molar-refractivity contribution is 6.02. The number of hydrogen-bond donors (Lipinski definition) is 2. The predicted octanol–water partition coefficient (Wildman–Crippen LogP) is 8.20. The van der Waals surface area contributed by atoms with Crippen molar-refractivity contribution in [2.24, 2.45) is 34.6 Å². The highest BCUT2D eigenvalue weighted by Gasteiger charge is 2.52. The van der Waals surface area contributed by atoms with E-state index in [0.717, 1.165) is 77.4 Å². The molecule has 0 radical (unpaired) electrons. The number of aliphatic imine (C=N–C) groups is 1. The van der Waals surface area contributed by atoms with Crippen LogP contribution < -0.4 is 5.32 Å². The molecule has 60 heavy (non-hydrogen) atoms. The number of benzene rings is 2. The van der Waals surface area contributed by atoms with Crippen LogP contribution in [-0.2, 0) is 36.6 Å². The summed E-state index contributed by atoms with van der Waals surface area (Å²) in [5, 5.41) is 2.98. The number of fused-ring (bicyclic) bond motifs is 2. The maximum Gasteiger partial charge on any atom is 0.433 e. The van der Waals surface area contributed by atoms with Crippen LogP contribution in [-0.4, -0.2) is 70.2 Å². The fourth-order valence-electron chi connectivity index (χ4n) is 9.76. The van der Waals surface area contributed by atoms with Gasteiger partial charge in [0.2, 0.25) is 11.8 Å². The minimum absolute atomic E-state index is 0.0432. The molecule has 2 aliphatic carbocycles. The highest BCUT2D eigenvalue weighted by atomic mass is 19.4. The average Bonchev–Trinajstić information content (AvgIpc) is 4.13. The molecule has 7 atom stereocenters. The Kier molecular flexibility index (Phi) is 11.8. The van der Waals surface area contributed by atoms with E-state index in [1.165, 1.54) is 26.5 Å². The molecule has 14 heteroatoms. The molecule has 2 saturated carbocycles. The number of aromatic amines is 1. The minimum Gasteiger partial charge on any atom is -0.469 e. The monoisotopic (exact) mass is 822 g/mol. The molecule has 4 aromatic rings. The van der Waals surface area contributed by atoms with E-state index in [2.05, 4.69) is 56.7 Å². The molecule has 2 bridgehead atoms. The second-order valence-electron chi connectivity index (χ2n) is 16.5. The molecule has 4 aliphatic rings. The predicted molar refractivity (Wildman–Crippen MR) is 219 cm³/mol. The summed E-state index contributed by atoms with van der Waals surface area (Å²) in [6.07, 6.45) is 5.20. The number of nitrogens with one attached hydrogen (secondary N) is 2. The minimum atomic E-state index is -4.51. The van der Waals surface area contributed by atoms with Crippen LogP contribution in [0.4, 0.5) is 13.2 Å². The summed E-state index contributed by atoms with van der Waals surface area (Å²) in [6.45, 7) is 2.49. The Morgan fingerprint density at radius 3 is 2.27 bits per heavy atom. The third kappa shape index (κ3) is 8.39. The highest BCUT2D eigenvalue weighted by Crippen LogP contribution is 2.54. The van der Waals surface area contributed by atoms with Crippen molar-refractivity contribution in [1.82, 2.24) is 25.2 Å². The largest absolute Gasteiger partial charge is 0.469 e. The number of aromatic nitrogens is 3. The number of esters is 1. The van der Waals surface area contributed by atoms with Gasteiger partial charge in [-0.2, -0.15) is 13.2 Å². The molecule has 11 nitrogen and oxygen atoms in total. The Hall–Kier alpha value is -5.63. The van der Waals surface area contributed by atoms with Gasteiger partial charge in [0, 0.05) is 56.6 Å². The molecule has 3 unspecified atom stereocenters. The lowest BCUT2D eigenvalue weighted by atomic mass is 9.75. The molecule has 4 heterocycles. The number of halogens is 3. The van der Waals surface area contributed by atoms with E-state index in [-0.39, 0.29) is 48.6 Å².